The minimum Gasteiger partial charge on any atom is -0.335 e. The molecule has 0 spiro atoms. The number of carbonyl (C=O) groups excluding carboxylic acids is 1. The van der Waals surface area contributed by atoms with E-state index in [0.29, 0.717) is 10.6 Å². The van der Waals surface area contributed by atoms with Crippen LogP contribution in [0.5, 0.6) is 0 Å². The molecule has 0 aliphatic rings. The van der Waals surface area contributed by atoms with Gasteiger partial charge in [0.15, 0.2) is 0 Å². The predicted octanol–water partition coefficient (Wildman–Crippen LogP) is 5.24. The van der Waals surface area contributed by atoms with Crippen LogP contribution in [0, 0.1) is 6.92 Å². The SMILES string of the molecule is Cc1ccc(C(=O)N(C)C(C)c2cccc(Cl)c2)c(Br)c1. The van der Waals surface area contributed by atoms with Crippen LogP contribution in [-0.2, 0) is 0 Å². The van der Waals surface area contributed by atoms with E-state index in [-0.39, 0.29) is 11.9 Å². The maximum atomic E-state index is 12.6. The molecule has 0 radical (unpaired) electrons. The number of nitrogens with zero attached hydrogens (tertiary/aromatic N) is 1. The van der Waals surface area contributed by atoms with Crippen molar-refractivity contribution in [3.05, 3.63) is 68.7 Å². The highest BCUT2D eigenvalue weighted by molar-refractivity contribution is 9.10. The molecular formula is C17H17BrClNO. The third kappa shape index (κ3) is 3.66. The van der Waals surface area contributed by atoms with E-state index in [2.05, 4.69) is 15.9 Å². The van der Waals surface area contributed by atoms with Gasteiger partial charge in [0.1, 0.15) is 0 Å². The number of aryl methyl sites for hydroxylation is 1. The van der Waals surface area contributed by atoms with Gasteiger partial charge in [0, 0.05) is 16.5 Å². The van der Waals surface area contributed by atoms with E-state index in [0.717, 1.165) is 15.6 Å². The first-order valence-electron chi connectivity index (χ1n) is 6.69. The largest absolute Gasteiger partial charge is 0.335 e. The van der Waals surface area contributed by atoms with E-state index in [9.17, 15) is 4.79 Å². The van der Waals surface area contributed by atoms with Crippen molar-refractivity contribution in [1.29, 1.82) is 0 Å². The van der Waals surface area contributed by atoms with Gasteiger partial charge in [-0.1, -0.05) is 29.8 Å². The smallest absolute Gasteiger partial charge is 0.255 e. The molecule has 0 aromatic heterocycles. The minimum atomic E-state index is -0.0515. The van der Waals surface area contributed by atoms with Gasteiger partial charge < -0.3 is 4.90 Å². The molecule has 0 saturated carbocycles. The molecule has 4 heteroatoms. The van der Waals surface area contributed by atoms with Gasteiger partial charge in [0.05, 0.1) is 11.6 Å². The second-order valence-corrected chi connectivity index (χ2v) is 6.42. The van der Waals surface area contributed by atoms with Crippen molar-refractivity contribution in [2.45, 2.75) is 19.9 Å². The number of hydrogen-bond acceptors (Lipinski definition) is 1. The summed E-state index contributed by atoms with van der Waals surface area (Å²) in [6, 6.07) is 13.3. The molecule has 1 unspecified atom stereocenters. The number of carbonyl (C=O) groups is 1. The molecule has 0 aliphatic heterocycles. The maximum absolute atomic E-state index is 12.6. The molecule has 0 saturated heterocycles. The van der Waals surface area contributed by atoms with Crippen molar-refractivity contribution in [3.63, 3.8) is 0 Å². The van der Waals surface area contributed by atoms with Crippen LogP contribution in [0.1, 0.15) is 34.5 Å². The van der Waals surface area contributed by atoms with Crippen molar-refractivity contribution < 1.29 is 4.79 Å². The lowest BCUT2D eigenvalue weighted by Crippen LogP contribution is -2.29. The Balaban J connectivity index is 2.26. The molecule has 0 N–H and O–H groups in total. The van der Waals surface area contributed by atoms with Gasteiger partial charge in [-0.3, -0.25) is 4.79 Å². The molecule has 1 amide bonds. The van der Waals surface area contributed by atoms with E-state index in [1.165, 1.54) is 0 Å². The second kappa shape index (κ2) is 6.63. The Morgan fingerprint density at radius 3 is 2.57 bits per heavy atom. The summed E-state index contributed by atoms with van der Waals surface area (Å²) in [5.41, 5.74) is 2.79. The van der Waals surface area contributed by atoms with Crippen LogP contribution in [0.2, 0.25) is 5.02 Å². The highest BCUT2D eigenvalue weighted by atomic mass is 79.9. The molecule has 0 bridgehead atoms. The predicted molar refractivity (Wildman–Crippen MR) is 90.8 cm³/mol. The van der Waals surface area contributed by atoms with Crippen LogP contribution < -0.4 is 0 Å². The molecule has 110 valence electrons. The van der Waals surface area contributed by atoms with Crippen molar-refractivity contribution in [2.24, 2.45) is 0 Å². The average molecular weight is 367 g/mol. The minimum absolute atomic E-state index is 0.0191. The Hall–Kier alpha value is -1.32. The zero-order valence-corrected chi connectivity index (χ0v) is 14.6. The molecule has 2 rings (SSSR count). The maximum Gasteiger partial charge on any atom is 0.255 e. The highest BCUT2D eigenvalue weighted by Gasteiger charge is 2.20. The Bertz CT molecular complexity index is 672. The first kappa shape index (κ1) is 16.1. The van der Waals surface area contributed by atoms with Crippen molar-refractivity contribution in [1.82, 2.24) is 4.90 Å². The van der Waals surface area contributed by atoms with E-state index in [1.54, 1.807) is 11.9 Å². The van der Waals surface area contributed by atoms with Crippen molar-refractivity contribution in [2.75, 3.05) is 7.05 Å². The normalized spacial score (nSPS) is 12.0. The summed E-state index contributed by atoms with van der Waals surface area (Å²) in [7, 11) is 1.81. The molecule has 0 aliphatic carbocycles. The quantitative estimate of drug-likeness (QED) is 0.727. The standard InChI is InChI=1S/C17H17BrClNO/c1-11-7-8-15(16(18)9-11)17(21)20(3)12(2)13-5-4-6-14(19)10-13/h4-10,12H,1-3H3. The number of benzene rings is 2. The summed E-state index contributed by atoms with van der Waals surface area (Å²) < 4.78 is 0.817. The lowest BCUT2D eigenvalue weighted by molar-refractivity contribution is 0.0741. The molecule has 0 heterocycles. The Labute approximate surface area is 138 Å². The highest BCUT2D eigenvalue weighted by Crippen LogP contribution is 2.26. The van der Waals surface area contributed by atoms with Crippen LogP contribution in [0.3, 0.4) is 0 Å². The summed E-state index contributed by atoms with van der Waals surface area (Å²) in [6.07, 6.45) is 0. The third-order valence-electron chi connectivity index (χ3n) is 3.59. The number of amides is 1. The monoisotopic (exact) mass is 365 g/mol. The van der Waals surface area contributed by atoms with Gasteiger partial charge >= 0.3 is 0 Å². The first-order chi connectivity index (χ1) is 9.90. The van der Waals surface area contributed by atoms with Gasteiger partial charge in [-0.25, -0.2) is 0 Å². The fourth-order valence-electron chi connectivity index (χ4n) is 2.15. The van der Waals surface area contributed by atoms with Crippen LogP contribution in [0.25, 0.3) is 0 Å². The average Bonchev–Trinajstić information content (AvgIpc) is 2.45. The van der Waals surface area contributed by atoms with Crippen LogP contribution in [-0.4, -0.2) is 17.9 Å². The lowest BCUT2D eigenvalue weighted by atomic mass is 10.1. The van der Waals surface area contributed by atoms with E-state index >= 15 is 0 Å². The Morgan fingerprint density at radius 1 is 1.24 bits per heavy atom. The van der Waals surface area contributed by atoms with Crippen LogP contribution in [0.4, 0.5) is 0 Å². The molecule has 0 fully saturated rings. The van der Waals surface area contributed by atoms with E-state index in [1.807, 2.05) is 56.3 Å². The van der Waals surface area contributed by atoms with Gasteiger partial charge in [0.2, 0.25) is 0 Å². The molecule has 1 atom stereocenters. The van der Waals surface area contributed by atoms with Gasteiger partial charge in [-0.2, -0.15) is 0 Å². The fraction of sp³-hybridized carbons (Fsp3) is 0.235. The summed E-state index contributed by atoms with van der Waals surface area (Å²) in [5, 5.41) is 0.678. The number of hydrogen-bond donors (Lipinski definition) is 0. The molecular weight excluding hydrogens is 350 g/mol. The number of halogens is 2. The Morgan fingerprint density at radius 2 is 1.95 bits per heavy atom. The summed E-state index contributed by atoms with van der Waals surface area (Å²) in [5.74, 6) is -0.0191. The van der Waals surface area contributed by atoms with Gasteiger partial charge in [-0.05, 0) is 65.2 Å². The van der Waals surface area contributed by atoms with Crippen molar-refractivity contribution >= 4 is 33.4 Å². The van der Waals surface area contributed by atoms with E-state index < -0.39 is 0 Å². The molecule has 2 nitrogen and oxygen atoms in total. The molecule has 2 aromatic rings. The lowest BCUT2D eigenvalue weighted by Gasteiger charge is -2.26. The fourth-order valence-corrected chi connectivity index (χ4v) is 3.01. The summed E-state index contributed by atoms with van der Waals surface area (Å²) >= 11 is 9.49. The Kier molecular flexibility index (Phi) is 5.07. The number of rotatable bonds is 3. The summed E-state index contributed by atoms with van der Waals surface area (Å²) in [4.78, 5) is 14.4. The zero-order valence-electron chi connectivity index (χ0n) is 12.2. The first-order valence-corrected chi connectivity index (χ1v) is 7.86. The second-order valence-electron chi connectivity index (χ2n) is 5.13. The van der Waals surface area contributed by atoms with Gasteiger partial charge in [-0.15, -0.1) is 0 Å². The van der Waals surface area contributed by atoms with Crippen molar-refractivity contribution in [3.8, 4) is 0 Å². The topological polar surface area (TPSA) is 20.3 Å². The van der Waals surface area contributed by atoms with Gasteiger partial charge in [0.25, 0.3) is 5.91 Å². The third-order valence-corrected chi connectivity index (χ3v) is 4.48. The van der Waals surface area contributed by atoms with Crippen LogP contribution in [0.15, 0.2) is 46.9 Å². The molecule has 2 aromatic carbocycles. The molecule has 21 heavy (non-hydrogen) atoms. The summed E-state index contributed by atoms with van der Waals surface area (Å²) in [6.45, 7) is 3.99. The van der Waals surface area contributed by atoms with Crippen LogP contribution >= 0.6 is 27.5 Å². The zero-order chi connectivity index (χ0) is 15.6. The van der Waals surface area contributed by atoms with E-state index in [4.69, 9.17) is 11.6 Å².